The molecule has 0 radical (unpaired) electrons. The Labute approximate surface area is 109 Å². The van der Waals surface area contributed by atoms with E-state index >= 15 is 0 Å². The minimum atomic E-state index is -0.242. The van der Waals surface area contributed by atoms with Crippen LogP contribution in [0.15, 0.2) is 30.7 Å². The topological polar surface area (TPSA) is 55.9 Å². The molecule has 2 rings (SSSR count). The number of hydrogen-bond acceptors (Lipinski definition) is 3. The minimum Gasteiger partial charge on any atom is -0.336 e. The van der Waals surface area contributed by atoms with Crippen molar-refractivity contribution in [1.29, 1.82) is 0 Å². The molecule has 0 fully saturated rings. The molecule has 0 aliphatic heterocycles. The smallest absolute Gasteiger partial charge is 0.0946 e. The van der Waals surface area contributed by atoms with Crippen LogP contribution in [-0.2, 0) is 7.05 Å². The lowest BCUT2D eigenvalue weighted by molar-refractivity contribution is 0.597. The van der Waals surface area contributed by atoms with E-state index in [-0.39, 0.29) is 6.04 Å². The van der Waals surface area contributed by atoms with Gasteiger partial charge in [0, 0.05) is 7.05 Å². The third kappa shape index (κ3) is 2.30. The molecule has 90 valence electrons. The molecule has 0 aliphatic carbocycles. The van der Waals surface area contributed by atoms with Gasteiger partial charge in [-0.05, 0) is 11.6 Å². The van der Waals surface area contributed by atoms with Crippen molar-refractivity contribution in [2.75, 3.05) is 0 Å². The van der Waals surface area contributed by atoms with Gasteiger partial charge in [0.25, 0.3) is 0 Å². The van der Waals surface area contributed by atoms with E-state index < -0.39 is 0 Å². The third-order valence-electron chi connectivity index (χ3n) is 2.61. The molecule has 0 saturated heterocycles. The van der Waals surface area contributed by atoms with E-state index in [1.807, 2.05) is 23.7 Å². The van der Waals surface area contributed by atoms with Crippen molar-refractivity contribution in [2.24, 2.45) is 12.9 Å². The number of nitrogens with one attached hydrogen (secondary N) is 1. The first-order valence-electron chi connectivity index (χ1n) is 5.01. The van der Waals surface area contributed by atoms with Crippen molar-refractivity contribution in [2.45, 2.75) is 6.04 Å². The summed E-state index contributed by atoms with van der Waals surface area (Å²) in [6, 6.07) is 5.22. The predicted molar refractivity (Wildman–Crippen MR) is 68.8 cm³/mol. The number of aromatic nitrogens is 2. The van der Waals surface area contributed by atoms with E-state index in [1.54, 1.807) is 18.6 Å². The van der Waals surface area contributed by atoms with Crippen molar-refractivity contribution in [3.63, 3.8) is 0 Å². The second-order valence-corrected chi connectivity index (χ2v) is 4.46. The monoisotopic (exact) mass is 270 g/mol. The average Bonchev–Trinajstić information content (AvgIpc) is 2.72. The van der Waals surface area contributed by atoms with Crippen LogP contribution >= 0.6 is 23.2 Å². The molecule has 6 heteroatoms. The molecule has 1 unspecified atom stereocenters. The average molecular weight is 271 g/mol. The fourth-order valence-electron chi connectivity index (χ4n) is 1.72. The number of hydrazine groups is 1. The summed E-state index contributed by atoms with van der Waals surface area (Å²) in [4.78, 5) is 4.06. The fourth-order valence-corrected chi connectivity index (χ4v) is 2.14. The number of benzene rings is 1. The van der Waals surface area contributed by atoms with Gasteiger partial charge in [-0.25, -0.2) is 10.4 Å². The molecule has 0 saturated carbocycles. The van der Waals surface area contributed by atoms with Crippen molar-refractivity contribution in [3.8, 4) is 0 Å². The van der Waals surface area contributed by atoms with Gasteiger partial charge >= 0.3 is 0 Å². The zero-order valence-electron chi connectivity index (χ0n) is 9.19. The summed E-state index contributed by atoms with van der Waals surface area (Å²) >= 11 is 12.2. The Balaban J connectivity index is 2.50. The molecular formula is C11H12Cl2N4. The number of rotatable bonds is 3. The number of nitrogens with two attached hydrogens (primary N) is 1. The third-order valence-corrected chi connectivity index (χ3v) is 3.44. The number of halogens is 2. The number of imidazole rings is 1. The number of hydrogen-bond donors (Lipinski definition) is 2. The molecule has 1 aromatic carbocycles. The molecule has 1 heterocycles. The van der Waals surface area contributed by atoms with Crippen molar-refractivity contribution in [3.05, 3.63) is 52.0 Å². The Hall–Kier alpha value is -1.07. The van der Waals surface area contributed by atoms with Crippen LogP contribution in [-0.4, -0.2) is 9.55 Å². The predicted octanol–water partition coefficient (Wildman–Crippen LogP) is 2.28. The minimum absolute atomic E-state index is 0.242. The van der Waals surface area contributed by atoms with Gasteiger partial charge < -0.3 is 4.57 Å². The molecule has 1 aromatic heterocycles. The highest BCUT2D eigenvalue weighted by Crippen LogP contribution is 2.32. The largest absolute Gasteiger partial charge is 0.336 e. The molecule has 0 bridgehead atoms. The number of nitrogens with zero attached hydrogens (tertiary/aromatic N) is 2. The van der Waals surface area contributed by atoms with Gasteiger partial charge in [0.05, 0.1) is 34.3 Å². The first kappa shape index (κ1) is 12.4. The second kappa shape index (κ2) is 5.06. The highest BCUT2D eigenvalue weighted by Gasteiger charge is 2.19. The summed E-state index contributed by atoms with van der Waals surface area (Å²) in [5.41, 5.74) is 4.46. The highest BCUT2D eigenvalue weighted by molar-refractivity contribution is 6.42. The number of aryl methyl sites for hydroxylation is 1. The van der Waals surface area contributed by atoms with Crippen LogP contribution in [0.5, 0.6) is 0 Å². The van der Waals surface area contributed by atoms with Gasteiger partial charge in [0.1, 0.15) is 0 Å². The molecule has 1 atom stereocenters. The van der Waals surface area contributed by atoms with Gasteiger partial charge in [-0.15, -0.1) is 0 Å². The van der Waals surface area contributed by atoms with Gasteiger partial charge in [0.2, 0.25) is 0 Å². The van der Waals surface area contributed by atoms with Crippen molar-refractivity contribution < 1.29 is 0 Å². The lowest BCUT2D eigenvalue weighted by Gasteiger charge is -2.18. The summed E-state index contributed by atoms with van der Waals surface area (Å²) < 4.78 is 1.88. The van der Waals surface area contributed by atoms with Gasteiger partial charge in [-0.3, -0.25) is 5.84 Å². The molecule has 0 spiro atoms. The molecular weight excluding hydrogens is 259 g/mol. The van der Waals surface area contributed by atoms with E-state index in [0.29, 0.717) is 10.0 Å². The Kier molecular flexibility index (Phi) is 3.69. The molecule has 17 heavy (non-hydrogen) atoms. The zero-order chi connectivity index (χ0) is 12.4. The summed E-state index contributed by atoms with van der Waals surface area (Å²) in [6.07, 6.45) is 3.44. The maximum atomic E-state index is 6.18. The summed E-state index contributed by atoms with van der Waals surface area (Å²) in [6.45, 7) is 0. The first-order chi connectivity index (χ1) is 8.15. The maximum absolute atomic E-state index is 6.18. The standard InChI is InChI=1S/C11H12Cl2N4/c1-17-6-15-5-9(17)11(16-14)7-3-2-4-8(12)10(7)13/h2-6,11,16H,14H2,1H3. The van der Waals surface area contributed by atoms with E-state index in [9.17, 15) is 0 Å². The maximum Gasteiger partial charge on any atom is 0.0946 e. The first-order valence-corrected chi connectivity index (χ1v) is 5.77. The Morgan fingerprint density at radius 2 is 2.18 bits per heavy atom. The summed E-state index contributed by atoms with van der Waals surface area (Å²) in [5, 5.41) is 1.00. The zero-order valence-corrected chi connectivity index (χ0v) is 10.7. The Morgan fingerprint density at radius 3 is 2.76 bits per heavy atom. The van der Waals surface area contributed by atoms with Crippen LogP contribution in [0.25, 0.3) is 0 Å². The van der Waals surface area contributed by atoms with Crippen LogP contribution in [0.2, 0.25) is 10.0 Å². The van der Waals surface area contributed by atoms with E-state index in [1.165, 1.54) is 0 Å². The normalized spacial score (nSPS) is 12.7. The quantitative estimate of drug-likeness (QED) is 0.665. The van der Waals surface area contributed by atoms with Crippen LogP contribution < -0.4 is 11.3 Å². The molecule has 3 N–H and O–H groups in total. The molecule has 0 aliphatic rings. The molecule has 2 aromatic rings. The van der Waals surface area contributed by atoms with E-state index in [4.69, 9.17) is 29.0 Å². The van der Waals surface area contributed by atoms with Crippen LogP contribution in [0.3, 0.4) is 0 Å². The SMILES string of the molecule is Cn1cncc1C(NN)c1cccc(Cl)c1Cl. The van der Waals surface area contributed by atoms with E-state index in [0.717, 1.165) is 11.3 Å². The van der Waals surface area contributed by atoms with Gasteiger partial charge in [-0.2, -0.15) is 0 Å². The summed E-state index contributed by atoms with van der Waals surface area (Å²) in [5.74, 6) is 5.59. The van der Waals surface area contributed by atoms with Crippen LogP contribution in [0.4, 0.5) is 0 Å². The highest BCUT2D eigenvalue weighted by atomic mass is 35.5. The van der Waals surface area contributed by atoms with Crippen molar-refractivity contribution >= 4 is 23.2 Å². The lowest BCUT2D eigenvalue weighted by Crippen LogP contribution is -2.30. The Morgan fingerprint density at radius 1 is 1.41 bits per heavy atom. The van der Waals surface area contributed by atoms with Crippen LogP contribution in [0, 0.1) is 0 Å². The van der Waals surface area contributed by atoms with Gasteiger partial charge in [-0.1, -0.05) is 35.3 Å². The second-order valence-electron chi connectivity index (χ2n) is 3.67. The van der Waals surface area contributed by atoms with Gasteiger partial charge in [0.15, 0.2) is 0 Å². The summed E-state index contributed by atoms with van der Waals surface area (Å²) in [7, 11) is 1.89. The Bertz CT molecular complexity index is 524. The van der Waals surface area contributed by atoms with E-state index in [2.05, 4.69) is 10.4 Å². The lowest BCUT2D eigenvalue weighted by atomic mass is 10.0. The fraction of sp³-hybridized carbons (Fsp3) is 0.182. The van der Waals surface area contributed by atoms with Crippen LogP contribution in [0.1, 0.15) is 17.3 Å². The molecule has 0 amide bonds. The molecule has 4 nitrogen and oxygen atoms in total. The van der Waals surface area contributed by atoms with Crippen molar-refractivity contribution in [1.82, 2.24) is 15.0 Å².